The van der Waals surface area contributed by atoms with Gasteiger partial charge >= 0.3 is 6.03 Å². The number of benzene rings is 1. The fraction of sp³-hybridized carbons (Fsp3) is 0.536. The van der Waals surface area contributed by atoms with Gasteiger partial charge in [-0.2, -0.15) is 0 Å². The van der Waals surface area contributed by atoms with Crippen molar-refractivity contribution < 1.29 is 19.7 Å². The molecule has 0 saturated carbocycles. The number of aliphatic hydroxyl groups excluding tert-OH is 2. The van der Waals surface area contributed by atoms with E-state index in [1.165, 1.54) is 11.9 Å². The van der Waals surface area contributed by atoms with E-state index in [0.717, 1.165) is 5.69 Å². The highest BCUT2D eigenvalue weighted by atomic mass is 16.6. The molecular weight excluding hydrogens is 498 g/mol. The molecule has 212 valence electrons. The van der Waals surface area contributed by atoms with Crippen LogP contribution < -0.4 is 16.4 Å². The fourth-order valence-corrected chi connectivity index (χ4v) is 4.81. The average Bonchev–Trinajstić information content (AvgIpc) is 3.42. The summed E-state index contributed by atoms with van der Waals surface area (Å²) in [6, 6.07) is 9.57. The standard InChI is InChI=1S/C28H41N7O4/c1-17(2)34(13-6-12-30-27(38)33-19-9-7-18(8-10-19)28(3,4)5)15-21-22(36)23(37)26(39-21)35-14-11-20-24(29)31-16-32-25(20)35/h7-11,14,16-17,21-23,26,36-37H,6,12-13,15H2,1-5H3,(H2,29,31,32)(H2,30,33,38)/t21-,22-,23?,26-/m1/s1. The maximum absolute atomic E-state index is 12.4. The first kappa shape index (κ1) is 28.8. The van der Waals surface area contributed by atoms with Gasteiger partial charge in [0.25, 0.3) is 0 Å². The zero-order chi connectivity index (χ0) is 28.3. The normalized spacial score (nSPS) is 21.7. The molecule has 2 aromatic heterocycles. The van der Waals surface area contributed by atoms with Crippen LogP contribution in [0.3, 0.4) is 0 Å². The van der Waals surface area contributed by atoms with E-state index in [9.17, 15) is 15.0 Å². The average molecular weight is 540 g/mol. The Hall–Kier alpha value is -3.25. The Labute approximate surface area is 229 Å². The molecule has 0 bridgehead atoms. The van der Waals surface area contributed by atoms with Crippen molar-refractivity contribution in [2.45, 2.75) is 77.0 Å². The summed E-state index contributed by atoms with van der Waals surface area (Å²) in [5.74, 6) is 0.343. The van der Waals surface area contributed by atoms with Gasteiger partial charge in [-0.05, 0) is 49.4 Å². The number of hydrogen-bond donors (Lipinski definition) is 5. The number of amides is 2. The summed E-state index contributed by atoms with van der Waals surface area (Å²) >= 11 is 0. The number of ether oxygens (including phenoxy) is 1. The number of urea groups is 1. The monoisotopic (exact) mass is 539 g/mol. The topological polar surface area (TPSA) is 151 Å². The van der Waals surface area contributed by atoms with Crippen LogP contribution in [-0.2, 0) is 10.2 Å². The number of rotatable bonds is 9. The molecule has 1 aromatic carbocycles. The van der Waals surface area contributed by atoms with Crippen LogP contribution in [0.4, 0.5) is 16.3 Å². The lowest BCUT2D eigenvalue weighted by atomic mass is 9.87. The van der Waals surface area contributed by atoms with E-state index in [1.54, 1.807) is 16.8 Å². The third-order valence-corrected chi connectivity index (χ3v) is 7.21. The number of hydrogen-bond acceptors (Lipinski definition) is 8. The highest BCUT2D eigenvalue weighted by Gasteiger charge is 2.44. The van der Waals surface area contributed by atoms with Gasteiger partial charge in [-0.1, -0.05) is 32.9 Å². The minimum Gasteiger partial charge on any atom is -0.387 e. The molecule has 1 fully saturated rings. The summed E-state index contributed by atoms with van der Waals surface area (Å²) in [5, 5.41) is 28.0. The molecule has 1 saturated heterocycles. The first-order valence-electron chi connectivity index (χ1n) is 13.4. The molecule has 1 unspecified atom stereocenters. The number of carbonyl (C=O) groups is 1. The number of nitrogen functional groups attached to an aromatic ring is 1. The van der Waals surface area contributed by atoms with Crippen LogP contribution in [0.2, 0.25) is 0 Å². The van der Waals surface area contributed by atoms with Gasteiger partial charge in [0, 0.05) is 37.6 Å². The maximum Gasteiger partial charge on any atom is 0.319 e. The lowest BCUT2D eigenvalue weighted by Gasteiger charge is -2.30. The van der Waals surface area contributed by atoms with Crippen LogP contribution in [0, 0.1) is 0 Å². The van der Waals surface area contributed by atoms with Gasteiger partial charge in [0.2, 0.25) is 0 Å². The van der Waals surface area contributed by atoms with E-state index in [-0.39, 0.29) is 17.5 Å². The van der Waals surface area contributed by atoms with Crippen molar-refractivity contribution in [3.8, 4) is 0 Å². The number of carbonyl (C=O) groups excluding carboxylic acids is 1. The minimum absolute atomic E-state index is 0.0573. The third kappa shape index (κ3) is 6.67. The predicted octanol–water partition coefficient (Wildman–Crippen LogP) is 2.85. The second kappa shape index (κ2) is 11.9. The van der Waals surface area contributed by atoms with Crippen LogP contribution in [0.1, 0.15) is 52.8 Å². The second-order valence-corrected chi connectivity index (χ2v) is 11.4. The first-order chi connectivity index (χ1) is 18.5. The van der Waals surface area contributed by atoms with E-state index in [1.807, 2.05) is 24.3 Å². The van der Waals surface area contributed by atoms with Gasteiger partial charge in [0.1, 0.15) is 36.1 Å². The third-order valence-electron chi connectivity index (χ3n) is 7.21. The van der Waals surface area contributed by atoms with Crippen molar-refractivity contribution in [3.63, 3.8) is 0 Å². The van der Waals surface area contributed by atoms with Gasteiger partial charge in [-0.15, -0.1) is 0 Å². The molecule has 4 atom stereocenters. The summed E-state index contributed by atoms with van der Waals surface area (Å²) < 4.78 is 7.82. The number of nitrogens with one attached hydrogen (secondary N) is 2. The summed E-state index contributed by atoms with van der Waals surface area (Å²) in [7, 11) is 0. The number of anilines is 2. The van der Waals surface area contributed by atoms with Crippen LogP contribution in [-0.4, -0.2) is 79.7 Å². The number of nitrogens with zero attached hydrogens (tertiary/aromatic N) is 4. The molecule has 1 aliphatic heterocycles. The van der Waals surface area contributed by atoms with Crippen molar-refractivity contribution in [1.82, 2.24) is 24.8 Å². The van der Waals surface area contributed by atoms with Crippen molar-refractivity contribution in [2.24, 2.45) is 0 Å². The molecule has 4 rings (SSSR count). The summed E-state index contributed by atoms with van der Waals surface area (Å²) in [5.41, 5.74) is 8.48. The summed E-state index contributed by atoms with van der Waals surface area (Å²) in [4.78, 5) is 22.8. The first-order valence-corrected chi connectivity index (χ1v) is 13.4. The molecule has 3 heterocycles. The summed E-state index contributed by atoms with van der Waals surface area (Å²) in [6.45, 7) is 12.2. The van der Waals surface area contributed by atoms with E-state index in [4.69, 9.17) is 10.5 Å². The Balaban J connectivity index is 1.27. The molecule has 3 aromatic rings. The fourth-order valence-electron chi connectivity index (χ4n) is 4.81. The molecule has 11 nitrogen and oxygen atoms in total. The molecule has 1 aliphatic rings. The van der Waals surface area contributed by atoms with E-state index in [0.29, 0.717) is 42.9 Å². The van der Waals surface area contributed by atoms with Gasteiger partial charge in [0.15, 0.2) is 6.23 Å². The van der Waals surface area contributed by atoms with Crippen LogP contribution >= 0.6 is 0 Å². The Morgan fingerprint density at radius 3 is 2.54 bits per heavy atom. The Morgan fingerprint density at radius 2 is 1.87 bits per heavy atom. The lowest BCUT2D eigenvalue weighted by Crippen LogP contribution is -2.44. The van der Waals surface area contributed by atoms with Gasteiger partial charge in [0.05, 0.1) is 5.39 Å². The number of fused-ring (bicyclic) bond motifs is 1. The Morgan fingerprint density at radius 1 is 1.15 bits per heavy atom. The molecule has 2 amide bonds. The molecule has 11 heteroatoms. The molecule has 0 radical (unpaired) electrons. The number of nitrogens with two attached hydrogens (primary N) is 1. The quantitative estimate of drug-likeness (QED) is 0.261. The SMILES string of the molecule is CC(C)N(CCCNC(=O)Nc1ccc(C(C)(C)C)cc1)C[C@H]1O[C@@H](n2ccc3c(N)ncnc32)C(O)[C@@H]1O. The molecule has 6 N–H and O–H groups in total. The molecule has 39 heavy (non-hydrogen) atoms. The van der Waals surface area contributed by atoms with Crippen LogP contribution in [0.5, 0.6) is 0 Å². The van der Waals surface area contributed by atoms with Crippen molar-refractivity contribution in [2.75, 3.05) is 30.7 Å². The smallest absolute Gasteiger partial charge is 0.319 e. The van der Waals surface area contributed by atoms with Gasteiger partial charge in [-0.25, -0.2) is 14.8 Å². The Bertz CT molecular complexity index is 1260. The van der Waals surface area contributed by atoms with Crippen molar-refractivity contribution in [1.29, 1.82) is 0 Å². The molecular formula is C28H41N7O4. The zero-order valence-corrected chi connectivity index (χ0v) is 23.3. The second-order valence-electron chi connectivity index (χ2n) is 11.4. The molecule has 0 spiro atoms. The van der Waals surface area contributed by atoms with E-state index < -0.39 is 24.5 Å². The van der Waals surface area contributed by atoms with E-state index >= 15 is 0 Å². The van der Waals surface area contributed by atoms with Crippen molar-refractivity contribution in [3.05, 3.63) is 48.4 Å². The minimum atomic E-state index is -1.13. The maximum atomic E-state index is 12.4. The lowest BCUT2D eigenvalue weighted by molar-refractivity contribution is -0.0465. The van der Waals surface area contributed by atoms with E-state index in [2.05, 4.69) is 60.1 Å². The molecule has 0 aliphatic carbocycles. The predicted molar refractivity (Wildman–Crippen MR) is 151 cm³/mol. The van der Waals surface area contributed by atoms with Crippen molar-refractivity contribution >= 4 is 28.6 Å². The van der Waals surface area contributed by atoms with Gasteiger partial charge < -0.3 is 35.9 Å². The Kier molecular flexibility index (Phi) is 8.75. The largest absolute Gasteiger partial charge is 0.387 e. The zero-order valence-electron chi connectivity index (χ0n) is 23.3. The number of aromatic nitrogens is 3. The number of aliphatic hydroxyl groups is 2. The van der Waals surface area contributed by atoms with Crippen LogP contribution in [0.15, 0.2) is 42.9 Å². The summed E-state index contributed by atoms with van der Waals surface area (Å²) in [6.07, 6.45) is 0.210. The van der Waals surface area contributed by atoms with Gasteiger partial charge in [-0.3, -0.25) is 4.90 Å². The highest BCUT2D eigenvalue weighted by Crippen LogP contribution is 2.33. The highest BCUT2D eigenvalue weighted by molar-refractivity contribution is 5.89. The van der Waals surface area contributed by atoms with Crippen LogP contribution in [0.25, 0.3) is 11.0 Å².